The molecule has 0 aliphatic carbocycles. The van der Waals surface area contributed by atoms with Crippen molar-refractivity contribution in [1.82, 2.24) is 5.43 Å². The van der Waals surface area contributed by atoms with Crippen LogP contribution in [0.15, 0.2) is 66.3 Å². The van der Waals surface area contributed by atoms with Crippen LogP contribution in [0.1, 0.15) is 11.1 Å². The smallest absolute Gasteiger partial charge is 0.277 e. The highest BCUT2D eigenvalue weighted by Gasteiger charge is 2.01. The molecule has 0 radical (unpaired) electrons. The van der Waals surface area contributed by atoms with E-state index < -0.39 is 0 Å². The highest BCUT2D eigenvalue weighted by atomic mass is 16.5. The standard InChI is InChI=1S/C19H20N2O3/c1-3-11-23-17-9-7-16(8-10-17)13-20-21-19(22)14-24-18-6-4-5-15(2)12-18/h3-10,12-13H,1,11,14H2,2H3,(H,21,22)/b20-13-. The SMILES string of the molecule is C=CCOc1ccc(/C=N\NC(=O)COc2cccc(C)c2)cc1. The zero-order valence-corrected chi connectivity index (χ0v) is 13.6. The first-order valence-corrected chi connectivity index (χ1v) is 7.52. The van der Waals surface area contributed by atoms with Crippen LogP contribution < -0.4 is 14.9 Å². The molecule has 2 aromatic rings. The predicted octanol–water partition coefficient (Wildman–Crippen LogP) is 3.09. The van der Waals surface area contributed by atoms with Crippen LogP contribution in [0.2, 0.25) is 0 Å². The highest BCUT2D eigenvalue weighted by Crippen LogP contribution is 2.12. The average molecular weight is 324 g/mol. The van der Waals surface area contributed by atoms with Crippen LogP contribution >= 0.6 is 0 Å². The van der Waals surface area contributed by atoms with Crippen molar-refractivity contribution in [2.75, 3.05) is 13.2 Å². The number of nitrogens with one attached hydrogen (secondary N) is 1. The van der Waals surface area contributed by atoms with Gasteiger partial charge < -0.3 is 9.47 Å². The van der Waals surface area contributed by atoms with E-state index in [1.54, 1.807) is 18.4 Å². The first kappa shape index (κ1) is 17.3. The molecule has 0 heterocycles. The molecule has 24 heavy (non-hydrogen) atoms. The number of hydrogen-bond acceptors (Lipinski definition) is 4. The first-order valence-electron chi connectivity index (χ1n) is 7.52. The van der Waals surface area contributed by atoms with Crippen molar-refractivity contribution in [3.63, 3.8) is 0 Å². The summed E-state index contributed by atoms with van der Waals surface area (Å²) in [7, 11) is 0. The van der Waals surface area contributed by atoms with Gasteiger partial charge in [0.1, 0.15) is 18.1 Å². The highest BCUT2D eigenvalue weighted by molar-refractivity contribution is 5.83. The Hall–Kier alpha value is -3.08. The van der Waals surface area contributed by atoms with E-state index in [0.717, 1.165) is 16.9 Å². The minimum Gasteiger partial charge on any atom is -0.490 e. The Morgan fingerprint density at radius 2 is 1.96 bits per heavy atom. The summed E-state index contributed by atoms with van der Waals surface area (Å²) in [5, 5.41) is 3.90. The fourth-order valence-corrected chi connectivity index (χ4v) is 1.87. The lowest BCUT2D eigenvalue weighted by molar-refractivity contribution is -0.123. The minimum absolute atomic E-state index is 0.0882. The van der Waals surface area contributed by atoms with Gasteiger partial charge in [-0.05, 0) is 54.4 Å². The van der Waals surface area contributed by atoms with Gasteiger partial charge in [-0.2, -0.15) is 5.10 Å². The maximum Gasteiger partial charge on any atom is 0.277 e. The van der Waals surface area contributed by atoms with Crippen molar-refractivity contribution in [3.05, 3.63) is 72.3 Å². The van der Waals surface area contributed by atoms with Gasteiger partial charge in [0.05, 0.1) is 6.21 Å². The monoisotopic (exact) mass is 324 g/mol. The van der Waals surface area contributed by atoms with E-state index in [4.69, 9.17) is 9.47 Å². The lowest BCUT2D eigenvalue weighted by atomic mass is 10.2. The minimum atomic E-state index is -0.321. The summed E-state index contributed by atoms with van der Waals surface area (Å²) in [6, 6.07) is 14.9. The molecule has 124 valence electrons. The zero-order valence-electron chi connectivity index (χ0n) is 13.6. The van der Waals surface area contributed by atoms with E-state index in [0.29, 0.717) is 12.4 Å². The number of benzene rings is 2. The Bertz CT molecular complexity index is 709. The zero-order chi connectivity index (χ0) is 17.2. The van der Waals surface area contributed by atoms with Crippen LogP contribution in [-0.2, 0) is 4.79 Å². The summed E-state index contributed by atoms with van der Waals surface area (Å²) in [5.74, 6) is 1.09. The van der Waals surface area contributed by atoms with E-state index in [1.807, 2.05) is 49.4 Å². The Labute approximate surface area is 141 Å². The topological polar surface area (TPSA) is 59.9 Å². The Morgan fingerprint density at radius 1 is 1.17 bits per heavy atom. The van der Waals surface area contributed by atoms with Crippen molar-refractivity contribution in [2.45, 2.75) is 6.92 Å². The van der Waals surface area contributed by atoms with Crippen LogP contribution in [0.3, 0.4) is 0 Å². The van der Waals surface area contributed by atoms with E-state index in [9.17, 15) is 4.79 Å². The normalized spacial score (nSPS) is 10.4. The molecule has 1 amide bonds. The first-order chi connectivity index (χ1) is 11.7. The van der Waals surface area contributed by atoms with Gasteiger partial charge in [0, 0.05) is 0 Å². The third-order valence-electron chi connectivity index (χ3n) is 3.01. The molecule has 0 aliphatic heterocycles. The molecule has 0 fully saturated rings. The fraction of sp³-hybridized carbons (Fsp3) is 0.158. The summed E-state index contributed by atoms with van der Waals surface area (Å²) >= 11 is 0. The number of aryl methyl sites for hydroxylation is 1. The third kappa shape index (κ3) is 5.96. The molecule has 0 aliphatic rings. The Balaban J connectivity index is 1.76. The van der Waals surface area contributed by atoms with Gasteiger partial charge >= 0.3 is 0 Å². The van der Waals surface area contributed by atoms with E-state index in [2.05, 4.69) is 17.1 Å². The van der Waals surface area contributed by atoms with Crippen molar-refractivity contribution in [1.29, 1.82) is 0 Å². The summed E-state index contributed by atoms with van der Waals surface area (Å²) < 4.78 is 10.8. The Morgan fingerprint density at radius 3 is 2.67 bits per heavy atom. The van der Waals surface area contributed by atoms with Crippen molar-refractivity contribution >= 4 is 12.1 Å². The predicted molar refractivity (Wildman–Crippen MR) is 94.5 cm³/mol. The summed E-state index contributed by atoms with van der Waals surface area (Å²) in [4.78, 5) is 11.7. The van der Waals surface area contributed by atoms with Crippen LogP contribution in [0.5, 0.6) is 11.5 Å². The second kappa shape index (κ2) is 9.15. The number of hydrazone groups is 1. The van der Waals surface area contributed by atoms with Gasteiger partial charge in [0.15, 0.2) is 6.61 Å². The molecular weight excluding hydrogens is 304 g/mol. The van der Waals surface area contributed by atoms with Gasteiger partial charge in [-0.1, -0.05) is 24.8 Å². The molecule has 2 aromatic carbocycles. The summed E-state index contributed by atoms with van der Waals surface area (Å²) in [5.41, 5.74) is 4.35. The fourth-order valence-electron chi connectivity index (χ4n) is 1.87. The quantitative estimate of drug-likeness (QED) is 0.461. The largest absolute Gasteiger partial charge is 0.490 e. The van der Waals surface area contributed by atoms with E-state index >= 15 is 0 Å². The van der Waals surface area contributed by atoms with Crippen molar-refractivity contribution < 1.29 is 14.3 Å². The van der Waals surface area contributed by atoms with Crippen LogP contribution in [0, 0.1) is 6.92 Å². The molecule has 0 unspecified atom stereocenters. The molecule has 2 rings (SSSR count). The lowest BCUT2D eigenvalue weighted by Gasteiger charge is -2.05. The van der Waals surface area contributed by atoms with Crippen LogP contribution in [-0.4, -0.2) is 25.3 Å². The molecule has 5 heteroatoms. The number of ether oxygens (including phenoxy) is 2. The van der Waals surface area contributed by atoms with E-state index in [-0.39, 0.29) is 12.5 Å². The molecule has 0 saturated heterocycles. The number of nitrogens with zero attached hydrogens (tertiary/aromatic N) is 1. The molecule has 0 saturated carbocycles. The molecular formula is C19H20N2O3. The number of carbonyl (C=O) groups is 1. The Kier molecular flexibility index (Phi) is 6.58. The number of rotatable bonds is 8. The molecule has 0 aromatic heterocycles. The summed E-state index contributed by atoms with van der Waals surface area (Å²) in [6.07, 6.45) is 3.24. The third-order valence-corrected chi connectivity index (χ3v) is 3.01. The van der Waals surface area contributed by atoms with Gasteiger partial charge in [0.2, 0.25) is 0 Å². The van der Waals surface area contributed by atoms with Crippen molar-refractivity contribution in [2.24, 2.45) is 5.10 Å². The second-order valence-corrected chi connectivity index (χ2v) is 5.07. The second-order valence-electron chi connectivity index (χ2n) is 5.07. The molecule has 0 atom stereocenters. The van der Waals surface area contributed by atoms with Gasteiger partial charge in [-0.3, -0.25) is 4.79 Å². The number of carbonyl (C=O) groups excluding carboxylic acids is 1. The van der Waals surface area contributed by atoms with Gasteiger partial charge in [-0.25, -0.2) is 5.43 Å². The van der Waals surface area contributed by atoms with Gasteiger partial charge in [0.25, 0.3) is 5.91 Å². The molecule has 0 spiro atoms. The van der Waals surface area contributed by atoms with E-state index in [1.165, 1.54) is 0 Å². The molecule has 0 bridgehead atoms. The van der Waals surface area contributed by atoms with Gasteiger partial charge in [-0.15, -0.1) is 0 Å². The maximum atomic E-state index is 11.7. The van der Waals surface area contributed by atoms with Crippen molar-refractivity contribution in [3.8, 4) is 11.5 Å². The summed E-state index contributed by atoms with van der Waals surface area (Å²) in [6.45, 7) is 5.93. The average Bonchev–Trinajstić information content (AvgIpc) is 2.59. The molecule has 5 nitrogen and oxygen atoms in total. The molecule has 1 N–H and O–H groups in total. The van der Waals surface area contributed by atoms with Crippen LogP contribution in [0.25, 0.3) is 0 Å². The number of hydrogen-bond donors (Lipinski definition) is 1. The maximum absolute atomic E-state index is 11.7. The lowest BCUT2D eigenvalue weighted by Crippen LogP contribution is -2.24. The van der Waals surface area contributed by atoms with Crippen LogP contribution in [0.4, 0.5) is 0 Å². The number of amides is 1.